The molecule has 0 bridgehead atoms. The molecule has 1 unspecified atom stereocenters. The second-order valence-corrected chi connectivity index (χ2v) is 9.66. The van der Waals surface area contributed by atoms with Gasteiger partial charge in [0.25, 0.3) is 15.9 Å². The number of para-hydroxylation sites is 1. The molecule has 164 valence electrons. The Morgan fingerprint density at radius 2 is 2.00 bits per heavy atom. The Bertz CT molecular complexity index is 1160. The van der Waals surface area contributed by atoms with E-state index in [0.717, 1.165) is 24.8 Å². The summed E-state index contributed by atoms with van der Waals surface area (Å²) in [6, 6.07) is 9.91. The van der Waals surface area contributed by atoms with Crippen molar-refractivity contribution in [2.24, 2.45) is 4.40 Å². The second kappa shape index (κ2) is 8.51. The van der Waals surface area contributed by atoms with E-state index in [9.17, 15) is 13.2 Å². The van der Waals surface area contributed by atoms with Crippen LogP contribution in [0.3, 0.4) is 0 Å². The van der Waals surface area contributed by atoms with Gasteiger partial charge in [-0.2, -0.15) is 8.42 Å². The van der Waals surface area contributed by atoms with Gasteiger partial charge in [0.1, 0.15) is 16.5 Å². The molecule has 2 aromatic carbocycles. The lowest BCUT2D eigenvalue weighted by Crippen LogP contribution is -2.35. The zero-order valence-electron chi connectivity index (χ0n) is 17.4. The van der Waals surface area contributed by atoms with Crippen LogP contribution in [0.4, 0.5) is 5.69 Å². The molecule has 1 saturated heterocycles. The van der Waals surface area contributed by atoms with Gasteiger partial charge >= 0.3 is 0 Å². The molecule has 1 amide bonds. The third-order valence-corrected chi connectivity index (χ3v) is 7.28. The van der Waals surface area contributed by atoms with Crippen LogP contribution in [0.15, 0.2) is 45.7 Å². The highest BCUT2D eigenvalue weighted by Gasteiger charge is 2.33. The fraction of sp³-hybridized carbons (Fsp3) is 0.364. The molecular weight excluding hydrogens is 438 g/mol. The molecule has 1 fully saturated rings. The SMILES string of the molecule is COc1ccccc1C(C)NC(=O)c1cc2c(cc1Cl)N1CCCCCC1=NS2(=O)=O. The number of amidine groups is 1. The number of carbonyl (C=O) groups excluding carboxylic acids is 1. The number of amides is 1. The largest absolute Gasteiger partial charge is 0.496 e. The van der Waals surface area contributed by atoms with Crippen LogP contribution >= 0.6 is 11.6 Å². The van der Waals surface area contributed by atoms with E-state index in [4.69, 9.17) is 16.3 Å². The summed E-state index contributed by atoms with van der Waals surface area (Å²) in [5.41, 5.74) is 1.39. The van der Waals surface area contributed by atoms with Crippen LogP contribution in [-0.4, -0.2) is 33.8 Å². The molecule has 0 saturated carbocycles. The first-order valence-corrected chi connectivity index (χ1v) is 12.0. The number of hydrogen-bond donors (Lipinski definition) is 1. The van der Waals surface area contributed by atoms with Crippen molar-refractivity contribution in [1.29, 1.82) is 0 Å². The third kappa shape index (κ3) is 4.14. The van der Waals surface area contributed by atoms with E-state index in [0.29, 0.717) is 30.2 Å². The summed E-state index contributed by atoms with van der Waals surface area (Å²) in [5.74, 6) is 0.729. The number of sulfonamides is 1. The number of rotatable bonds is 4. The molecule has 0 radical (unpaired) electrons. The number of ether oxygens (including phenoxy) is 1. The highest BCUT2D eigenvalue weighted by atomic mass is 35.5. The van der Waals surface area contributed by atoms with Gasteiger partial charge in [-0.25, -0.2) is 0 Å². The summed E-state index contributed by atoms with van der Waals surface area (Å²) in [7, 11) is -2.34. The molecule has 0 spiro atoms. The van der Waals surface area contributed by atoms with E-state index in [1.165, 1.54) is 6.07 Å². The summed E-state index contributed by atoms with van der Waals surface area (Å²) in [6.45, 7) is 2.50. The average Bonchev–Trinajstić information content (AvgIpc) is 2.98. The van der Waals surface area contributed by atoms with Gasteiger partial charge in [-0.15, -0.1) is 4.40 Å². The van der Waals surface area contributed by atoms with Gasteiger partial charge in [-0.1, -0.05) is 36.2 Å². The maximum Gasteiger partial charge on any atom is 0.286 e. The first-order valence-electron chi connectivity index (χ1n) is 10.2. The topological polar surface area (TPSA) is 88.1 Å². The molecule has 1 N–H and O–H groups in total. The predicted octanol–water partition coefficient (Wildman–Crippen LogP) is 4.32. The lowest BCUT2D eigenvalue weighted by molar-refractivity contribution is 0.0939. The van der Waals surface area contributed by atoms with E-state index < -0.39 is 15.9 Å². The molecule has 4 rings (SSSR count). The zero-order valence-corrected chi connectivity index (χ0v) is 19.0. The van der Waals surface area contributed by atoms with Crippen LogP contribution in [0.25, 0.3) is 0 Å². The smallest absolute Gasteiger partial charge is 0.286 e. The molecule has 7 nitrogen and oxygen atoms in total. The van der Waals surface area contributed by atoms with Crippen molar-refractivity contribution in [3.05, 3.63) is 52.5 Å². The third-order valence-electron chi connectivity index (χ3n) is 5.63. The van der Waals surface area contributed by atoms with Crippen LogP contribution in [0.5, 0.6) is 5.75 Å². The zero-order chi connectivity index (χ0) is 22.2. The Morgan fingerprint density at radius 1 is 1.23 bits per heavy atom. The summed E-state index contributed by atoms with van der Waals surface area (Å²) < 4.78 is 35.1. The lowest BCUT2D eigenvalue weighted by atomic mass is 10.1. The quantitative estimate of drug-likeness (QED) is 0.732. The van der Waals surface area contributed by atoms with Gasteiger partial charge in [0.2, 0.25) is 0 Å². The molecule has 1 atom stereocenters. The van der Waals surface area contributed by atoms with Crippen LogP contribution in [0.1, 0.15) is 54.6 Å². The highest BCUT2D eigenvalue weighted by molar-refractivity contribution is 7.90. The fourth-order valence-corrected chi connectivity index (χ4v) is 5.56. The number of hydrogen-bond acceptors (Lipinski definition) is 5. The van der Waals surface area contributed by atoms with Crippen LogP contribution < -0.4 is 15.0 Å². The first kappa shape index (κ1) is 21.6. The fourth-order valence-electron chi connectivity index (χ4n) is 4.05. The van der Waals surface area contributed by atoms with Crippen molar-refractivity contribution >= 4 is 39.1 Å². The normalized spacial score (nSPS) is 18.2. The minimum Gasteiger partial charge on any atom is -0.496 e. The lowest BCUT2D eigenvalue weighted by Gasteiger charge is -2.30. The molecule has 2 heterocycles. The minimum absolute atomic E-state index is 0.0117. The van der Waals surface area contributed by atoms with E-state index in [2.05, 4.69) is 9.71 Å². The highest BCUT2D eigenvalue weighted by Crippen LogP contribution is 2.38. The first-order chi connectivity index (χ1) is 14.8. The Labute approximate surface area is 187 Å². The van der Waals surface area contributed by atoms with Crippen LogP contribution in [0, 0.1) is 0 Å². The standard InChI is InChI=1S/C22H24ClN3O4S/c1-14(15-8-5-6-9-19(15)30-2)24-22(27)16-12-20-18(13-17(16)23)26-11-7-3-4-10-21(26)25-31(20,28)29/h5-6,8-9,12-14H,3-4,7,10-11H2,1-2H3,(H,24,27). The number of fused-ring (bicyclic) bond motifs is 3. The Kier molecular flexibility index (Phi) is 5.94. The number of nitrogens with one attached hydrogen (secondary N) is 1. The maximum absolute atomic E-state index is 13.0. The molecule has 0 aromatic heterocycles. The Hall–Kier alpha value is -2.58. The van der Waals surface area contributed by atoms with E-state index >= 15 is 0 Å². The molecule has 2 aromatic rings. The Balaban J connectivity index is 1.68. The summed E-state index contributed by atoms with van der Waals surface area (Å²) in [5, 5.41) is 3.08. The minimum atomic E-state index is -3.91. The van der Waals surface area contributed by atoms with Gasteiger partial charge in [0.15, 0.2) is 0 Å². The maximum atomic E-state index is 13.0. The Morgan fingerprint density at radius 3 is 2.77 bits per heavy atom. The number of methoxy groups -OCH3 is 1. The molecule has 9 heteroatoms. The van der Waals surface area contributed by atoms with Crippen molar-refractivity contribution in [3.8, 4) is 5.75 Å². The summed E-state index contributed by atoms with van der Waals surface area (Å²) >= 11 is 6.46. The van der Waals surface area contributed by atoms with E-state index in [1.807, 2.05) is 36.1 Å². The summed E-state index contributed by atoms with van der Waals surface area (Å²) in [4.78, 5) is 14.9. The van der Waals surface area contributed by atoms with Crippen molar-refractivity contribution in [1.82, 2.24) is 5.32 Å². The molecular formula is C22H24ClN3O4S. The van der Waals surface area contributed by atoms with Gasteiger partial charge < -0.3 is 15.0 Å². The molecule has 31 heavy (non-hydrogen) atoms. The van der Waals surface area contributed by atoms with Gasteiger partial charge in [0.05, 0.1) is 29.4 Å². The van der Waals surface area contributed by atoms with Crippen molar-refractivity contribution in [2.75, 3.05) is 18.6 Å². The monoisotopic (exact) mass is 461 g/mol. The van der Waals surface area contributed by atoms with Gasteiger partial charge in [0, 0.05) is 18.5 Å². The summed E-state index contributed by atoms with van der Waals surface area (Å²) in [6.07, 6.45) is 3.46. The predicted molar refractivity (Wildman–Crippen MR) is 121 cm³/mol. The molecule has 2 aliphatic rings. The van der Waals surface area contributed by atoms with Crippen molar-refractivity contribution < 1.29 is 17.9 Å². The number of halogens is 1. The number of benzene rings is 2. The van der Waals surface area contributed by atoms with Crippen molar-refractivity contribution in [2.45, 2.75) is 43.5 Å². The second-order valence-electron chi connectivity index (χ2n) is 7.68. The molecule has 2 aliphatic heterocycles. The number of anilines is 1. The van der Waals surface area contributed by atoms with Crippen molar-refractivity contribution in [3.63, 3.8) is 0 Å². The van der Waals surface area contributed by atoms with E-state index in [-0.39, 0.29) is 21.5 Å². The van der Waals surface area contributed by atoms with Crippen LogP contribution in [-0.2, 0) is 10.0 Å². The van der Waals surface area contributed by atoms with Gasteiger partial charge in [-0.05, 0) is 38.0 Å². The van der Waals surface area contributed by atoms with Crippen LogP contribution in [0.2, 0.25) is 5.02 Å². The van der Waals surface area contributed by atoms with E-state index in [1.54, 1.807) is 13.2 Å². The number of carbonyl (C=O) groups is 1. The van der Waals surface area contributed by atoms with Gasteiger partial charge in [-0.3, -0.25) is 4.79 Å². The molecule has 0 aliphatic carbocycles. The average molecular weight is 462 g/mol. The number of nitrogens with zero attached hydrogens (tertiary/aromatic N) is 2.